The molecular formula is C20H25NO3S. The molecule has 1 unspecified atom stereocenters. The maximum absolute atomic E-state index is 12.6. The fourth-order valence-electron chi connectivity index (χ4n) is 2.50. The molecule has 0 aliphatic rings. The van der Waals surface area contributed by atoms with Crippen molar-refractivity contribution >= 4 is 17.0 Å². The molecule has 0 spiro atoms. The van der Waals surface area contributed by atoms with Crippen molar-refractivity contribution in [2.45, 2.75) is 37.6 Å². The summed E-state index contributed by atoms with van der Waals surface area (Å²) in [4.78, 5) is 15.0. The van der Waals surface area contributed by atoms with Crippen LogP contribution in [0.3, 0.4) is 0 Å². The van der Waals surface area contributed by atoms with Gasteiger partial charge in [-0.3, -0.25) is 8.98 Å². The topological polar surface area (TPSA) is 46.6 Å². The highest BCUT2D eigenvalue weighted by Crippen LogP contribution is 2.16. The molecular weight excluding hydrogens is 334 g/mol. The van der Waals surface area contributed by atoms with Crippen molar-refractivity contribution in [2.75, 3.05) is 13.2 Å². The number of hydrogen-bond donors (Lipinski definition) is 0. The van der Waals surface area contributed by atoms with Crippen LogP contribution in [0.15, 0.2) is 65.6 Å². The second kappa shape index (κ2) is 8.92. The summed E-state index contributed by atoms with van der Waals surface area (Å²) in [5.74, 6) is -0.160. The predicted octanol–water partition coefficient (Wildman–Crippen LogP) is 3.60. The molecule has 1 atom stereocenters. The molecule has 5 heteroatoms. The molecule has 25 heavy (non-hydrogen) atoms. The third-order valence-corrected chi connectivity index (χ3v) is 4.79. The second-order valence-corrected chi connectivity index (χ2v) is 7.94. The number of hydrogen-bond acceptors (Lipinski definition) is 3. The van der Waals surface area contributed by atoms with Gasteiger partial charge in [-0.25, -0.2) is 4.21 Å². The van der Waals surface area contributed by atoms with E-state index in [9.17, 15) is 9.00 Å². The van der Waals surface area contributed by atoms with Crippen LogP contribution in [0, 0.1) is 0 Å². The van der Waals surface area contributed by atoms with E-state index in [0.29, 0.717) is 11.4 Å². The Balaban J connectivity index is 1.95. The lowest BCUT2D eigenvalue weighted by Crippen LogP contribution is -2.48. The Morgan fingerprint density at radius 2 is 1.56 bits per heavy atom. The van der Waals surface area contributed by atoms with Crippen LogP contribution in [0.4, 0.5) is 0 Å². The third kappa shape index (κ3) is 6.11. The van der Waals surface area contributed by atoms with Crippen molar-refractivity contribution in [3.63, 3.8) is 0 Å². The lowest BCUT2D eigenvalue weighted by Gasteiger charge is -2.35. The highest BCUT2D eigenvalue weighted by molar-refractivity contribution is 7.80. The van der Waals surface area contributed by atoms with Crippen LogP contribution in [0.25, 0.3) is 0 Å². The van der Waals surface area contributed by atoms with E-state index < -0.39 is 11.1 Å². The minimum Gasteiger partial charge on any atom is -0.335 e. The van der Waals surface area contributed by atoms with Crippen molar-refractivity contribution < 1.29 is 13.2 Å². The van der Waals surface area contributed by atoms with Crippen LogP contribution < -0.4 is 0 Å². The lowest BCUT2D eigenvalue weighted by molar-refractivity contribution is -0.137. The maximum atomic E-state index is 12.6. The van der Waals surface area contributed by atoms with Gasteiger partial charge in [0.15, 0.2) is 11.1 Å². The number of carbonyl (C=O) groups is 1. The summed E-state index contributed by atoms with van der Waals surface area (Å²) in [6.07, 6.45) is 0.769. The van der Waals surface area contributed by atoms with Crippen LogP contribution in [-0.4, -0.2) is 33.7 Å². The highest BCUT2D eigenvalue weighted by atomic mass is 32.2. The number of carbonyl (C=O) groups excluding carboxylic acids is 1. The van der Waals surface area contributed by atoms with Crippen molar-refractivity contribution in [1.82, 2.24) is 4.90 Å². The van der Waals surface area contributed by atoms with Gasteiger partial charge in [0, 0.05) is 12.1 Å². The van der Waals surface area contributed by atoms with Gasteiger partial charge >= 0.3 is 0 Å². The van der Waals surface area contributed by atoms with Crippen molar-refractivity contribution in [2.24, 2.45) is 0 Å². The molecule has 0 saturated carbocycles. The molecule has 0 radical (unpaired) electrons. The average molecular weight is 359 g/mol. The van der Waals surface area contributed by atoms with Gasteiger partial charge in [-0.1, -0.05) is 48.5 Å². The van der Waals surface area contributed by atoms with Crippen molar-refractivity contribution in [3.8, 4) is 0 Å². The molecule has 2 aromatic rings. The van der Waals surface area contributed by atoms with Crippen LogP contribution in [-0.2, 0) is 26.5 Å². The highest BCUT2D eigenvalue weighted by Gasteiger charge is 2.26. The van der Waals surface area contributed by atoms with Crippen molar-refractivity contribution in [3.05, 3.63) is 66.2 Å². The number of amides is 1. The van der Waals surface area contributed by atoms with Crippen LogP contribution >= 0.6 is 0 Å². The second-order valence-electron chi connectivity index (χ2n) is 6.76. The van der Waals surface area contributed by atoms with Crippen LogP contribution in [0.2, 0.25) is 0 Å². The van der Waals surface area contributed by atoms with E-state index in [1.165, 1.54) is 5.56 Å². The molecule has 134 valence electrons. The minimum atomic E-state index is -1.63. The van der Waals surface area contributed by atoms with Gasteiger partial charge in [-0.2, -0.15) is 0 Å². The van der Waals surface area contributed by atoms with E-state index in [4.69, 9.17) is 4.18 Å². The van der Waals surface area contributed by atoms with Gasteiger partial charge in [0.2, 0.25) is 5.91 Å². The average Bonchev–Trinajstić information content (AvgIpc) is 2.60. The van der Waals surface area contributed by atoms with E-state index in [2.05, 4.69) is 0 Å². The predicted molar refractivity (Wildman–Crippen MR) is 100 cm³/mol. The molecule has 2 rings (SSSR count). The van der Waals surface area contributed by atoms with Crippen LogP contribution in [0.1, 0.15) is 26.3 Å². The standard InChI is InChI=1S/C20H25NO3S/c1-20(2,3)21(15-14-17-10-6-4-7-11-17)19(22)16-24-25(23)18-12-8-5-9-13-18/h4-13H,14-16H2,1-3H3. The zero-order valence-corrected chi connectivity index (χ0v) is 15.8. The Kier molecular flexibility index (Phi) is 6.91. The normalized spacial score (nSPS) is 12.6. The van der Waals surface area contributed by atoms with E-state index >= 15 is 0 Å². The van der Waals surface area contributed by atoms with E-state index in [0.717, 1.165) is 6.42 Å². The van der Waals surface area contributed by atoms with Gasteiger partial charge in [0.25, 0.3) is 0 Å². The monoisotopic (exact) mass is 359 g/mol. The van der Waals surface area contributed by atoms with E-state index in [1.807, 2.05) is 57.2 Å². The summed E-state index contributed by atoms with van der Waals surface area (Å²) >= 11 is -1.63. The van der Waals surface area contributed by atoms with Gasteiger partial charge in [-0.15, -0.1) is 0 Å². The van der Waals surface area contributed by atoms with Gasteiger partial charge in [-0.05, 0) is 44.9 Å². The summed E-state index contributed by atoms with van der Waals surface area (Å²) in [7, 11) is 0. The number of rotatable bonds is 7. The SMILES string of the molecule is CC(C)(C)N(CCc1ccccc1)C(=O)COS(=O)c1ccccc1. The summed E-state index contributed by atoms with van der Waals surface area (Å²) in [6.45, 7) is 6.36. The zero-order valence-electron chi connectivity index (χ0n) is 15.0. The molecule has 0 fully saturated rings. The zero-order chi connectivity index (χ0) is 18.3. The molecule has 0 N–H and O–H groups in total. The molecule has 2 aromatic carbocycles. The summed E-state index contributed by atoms with van der Waals surface area (Å²) in [5, 5.41) is 0. The largest absolute Gasteiger partial charge is 0.335 e. The van der Waals surface area contributed by atoms with Gasteiger partial charge in [0.1, 0.15) is 6.61 Å². The van der Waals surface area contributed by atoms with Gasteiger partial charge < -0.3 is 4.90 Å². The quantitative estimate of drug-likeness (QED) is 0.759. The van der Waals surface area contributed by atoms with Crippen LogP contribution in [0.5, 0.6) is 0 Å². The molecule has 0 saturated heterocycles. The Hall–Kier alpha value is -1.98. The summed E-state index contributed by atoms with van der Waals surface area (Å²) < 4.78 is 17.4. The fourth-order valence-corrected chi connectivity index (χ4v) is 3.22. The first kappa shape index (κ1) is 19.3. The Morgan fingerprint density at radius 3 is 2.12 bits per heavy atom. The third-order valence-electron chi connectivity index (χ3n) is 3.80. The molecule has 0 aliphatic carbocycles. The smallest absolute Gasteiger partial charge is 0.250 e. The Labute approximate surface area is 152 Å². The van der Waals surface area contributed by atoms with Crippen molar-refractivity contribution in [1.29, 1.82) is 0 Å². The summed E-state index contributed by atoms with van der Waals surface area (Å²) in [6, 6.07) is 18.9. The summed E-state index contributed by atoms with van der Waals surface area (Å²) in [5.41, 5.74) is 0.849. The fraction of sp³-hybridized carbons (Fsp3) is 0.350. The first-order valence-electron chi connectivity index (χ1n) is 8.32. The Morgan fingerprint density at radius 1 is 1.00 bits per heavy atom. The number of nitrogens with zero attached hydrogens (tertiary/aromatic N) is 1. The number of benzene rings is 2. The van der Waals surface area contributed by atoms with E-state index in [-0.39, 0.29) is 18.1 Å². The minimum absolute atomic E-state index is 0.160. The molecule has 0 heterocycles. The lowest BCUT2D eigenvalue weighted by atomic mass is 10.0. The Bertz CT molecular complexity index is 696. The molecule has 0 aromatic heterocycles. The molecule has 1 amide bonds. The van der Waals surface area contributed by atoms with Gasteiger partial charge in [0.05, 0.1) is 4.90 Å². The first-order chi connectivity index (χ1) is 11.9. The maximum Gasteiger partial charge on any atom is 0.250 e. The molecule has 4 nitrogen and oxygen atoms in total. The molecule has 0 bridgehead atoms. The molecule has 0 aliphatic heterocycles. The van der Waals surface area contributed by atoms with E-state index in [1.54, 1.807) is 29.2 Å². The first-order valence-corrected chi connectivity index (χ1v) is 9.40.